The lowest BCUT2D eigenvalue weighted by Crippen LogP contribution is -2.51. The molecule has 1 aromatic carbocycles. The Morgan fingerprint density at radius 1 is 0.771 bits per heavy atom. The average molecular weight is 499 g/mol. The number of nitrogens with zero attached hydrogens (tertiary/aromatic N) is 2. The van der Waals surface area contributed by atoms with Crippen molar-refractivity contribution in [1.82, 2.24) is 9.80 Å². The summed E-state index contributed by atoms with van der Waals surface area (Å²) in [5, 5.41) is 2.04. The fourth-order valence-corrected chi connectivity index (χ4v) is 5.00. The lowest BCUT2D eigenvalue weighted by atomic mass is 10.0. The van der Waals surface area contributed by atoms with Gasteiger partial charge in [0.25, 0.3) is 0 Å². The van der Waals surface area contributed by atoms with Crippen LogP contribution in [-0.4, -0.2) is 33.7 Å². The molecule has 1 heterocycles. The van der Waals surface area contributed by atoms with Crippen LogP contribution in [0.1, 0.15) is 102 Å². The number of rotatable bonds is 16. The number of amides is 2. The average Bonchev–Trinajstić information content (AvgIpc) is 3.34. The van der Waals surface area contributed by atoms with Crippen molar-refractivity contribution in [2.24, 2.45) is 0 Å². The Morgan fingerprint density at radius 3 is 1.97 bits per heavy atom. The van der Waals surface area contributed by atoms with Crippen molar-refractivity contribution in [1.29, 1.82) is 0 Å². The van der Waals surface area contributed by atoms with E-state index in [0.717, 1.165) is 23.3 Å². The molecule has 1 aromatic heterocycles. The predicted molar refractivity (Wildman–Crippen MR) is 148 cm³/mol. The molecule has 0 aliphatic heterocycles. The molecule has 2 amide bonds. The normalized spacial score (nSPS) is 11.4. The van der Waals surface area contributed by atoms with Gasteiger partial charge in [0.05, 0.1) is 6.54 Å². The van der Waals surface area contributed by atoms with E-state index < -0.39 is 5.54 Å². The molecule has 0 unspecified atom stereocenters. The maximum atomic E-state index is 13.5. The van der Waals surface area contributed by atoms with Gasteiger partial charge in [0, 0.05) is 23.4 Å². The SMILES string of the molecule is CCCCCCCCCCCC(=O)N(CC(=O)N(Cc1ccccc1)Cc1cccs1)C(C)(C)C. The van der Waals surface area contributed by atoms with Crippen LogP contribution in [0.2, 0.25) is 0 Å². The van der Waals surface area contributed by atoms with Crippen molar-refractivity contribution in [2.45, 2.75) is 111 Å². The van der Waals surface area contributed by atoms with Gasteiger partial charge in [-0.15, -0.1) is 11.3 Å². The summed E-state index contributed by atoms with van der Waals surface area (Å²) >= 11 is 1.66. The molecule has 0 radical (unpaired) electrons. The molecule has 0 saturated heterocycles. The molecule has 0 fully saturated rings. The van der Waals surface area contributed by atoms with Crippen LogP contribution in [0.15, 0.2) is 47.8 Å². The summed E-state index contributed by atoms with van der Waals surface area (Å²) in [4.78, 5) is 31.5. The molecule has 0 bridgehead atoms. The van der Waals surface area contributed by atoms with E-state index in [1.165, 1.54) is 44.9 Å². The number of thiophene rings is 1. The minimum Gasteiger partial charge on any atom is -0.332 e. The monoisotopic (exact) mass is 498 g/mol. The summed E-state index contributed by atoms with van der Waals surface area (Å²) in [6.45, 7) is 9.55. The highest BCUT2D eigenvalue weighted by molar-refractivity contribution is 7.09. The molecule has 2 aromatic rings. The van der Waals surface area contributed by atoms with E-state index in [9.17, 15) is 9.59 Å². The fraction of sp³-hybridized carbons (Fsp3) is 0.600. The van der Waals surface area contributed by atoms with Crippen LogP contribution < -0.4 is 0 Å². The third-order valence-electron chi connectivity index (χ3n) is 6.39. The van der Waals surface area contributed by atoms with Gasteiger partial charge in [-0.3, -0.25) is 9.59 Å². The molecule has 194 valence electrons. The molecule has 0 spiro atoms. The van der Waals surface area contributed by atoms with Crippen LogP contribution in [0.3, 0.4) is 0 Å². The minimum absolute atomic E-state index is 0.00222. The second-order valence-electron chi connectivity index (χ2n) is 10.5. The minimum atomic E-state index is -0.395. The van der Waals surface area contributed by atoms with Crippen molar-refractivity contribution in [3.8, 4) is 0 Å². The molecular weight excluding hydrogens is 452 g/mol. The van der Waals surface area contributed by atoms with Gasteiger partial charge in [0.1, 0.15) is 6.54 Å². The maximum absolute atomic E-state index is 13.5. The van der Waals surface area contributed by atoms with Crippen LogP contribution in [0, 0.1) is 0 Å². The zero-order chi connectivity index (χ0) is 25.5. The van der Waals surface area contributed by atoms with Gasteiger partial charge in [-0.05, 0) is 44.2 Å². The first-order chi connectivity index (χ1) is 16.8. The summed E-state index contributed by atoms with van der Waals surface area (Å²) < 4.78 is 0. The standard InChI is InChI=1S/C30H46N2O2S/c1-5-6-7-8-9-10-11-12-16-21-28(33)32(30(2,3)4)25-29(34)31(24-27-20-17-22-35-27)23-26-18-14-13-15-19-26/h13-15,17-20,22H,5-12,16,21,23-25H2,1-4H3. The summed E-state index contributed by atoms with van der Waals surface area (Å²) in [7, 11) is 0. The first kappa shape index (κ1) is 29.1. The topological polar surface area (TPSA) is 40.6 Å². The Labute approximate surface area is 217 Å². The summed E-state index contributed by atoms with van der Waals surface area (Å²) in [5.41, 5.74) is 0.702. The predicted octanol–water partition coefficient (Wildman–Crippen LogP) is 7.82. The van der Waals surface area contributed by atoms with Crippen LogP contribution in [-0.2, 0) is 22.7 Å². The molecule has 2 rings (SSSR count). The van der Waals surface area contributed by atoms with Crippen LogP contribution >= 0.6 is 11.3 Å². The van der Waals surface area contributed by atoms with Gasteiger partial charge >= 0.3 is 0 Å². The van der Waals surface area contributed by atoms with Crippen LogP contribution in [0.25, 0.3) is 0 Å². The van der Waals surface area contributed by atoms with Crippen molar-refractivity contribution >= 4 is 23.2 Å². The van der Waals surface area contributed by atoms with Gasteiger partial charge in [-0.25, -0.2) is 0 Å². The zero-order valence-corrected chi connectivity index (χ0v) is 23.2. The zero-order valence-electron chi connectivity index (χ0n) is 22.4. The maximum Gasteiger partial charge on any atom is 0.242 e. The van der Waals surface area contributed by atoms with Gasteiger partial charge in [-0.1, -0.05) is 94.7 Å². The molecule has 0 saturated carbocycles. The first-order valence-electron chi connectivity index (χ1n) is 13.5. The number of unbranched alkanes of at least 4 members (excludes halogenated alkanes) is 8. The molecule has 0 N–H and O–H groups in total. The van der Waals surface area contributed by atoms with E-state index in [0.29, 0.717) is 19.5 Å². The number of carbonyl (C=O) groups excluding carboxylic acids is 2. The van der Waals surface area contributed by atoms with Crippen molar-refractivity contribution in [3.63, 3.8) is 0 Å². The second-order valence-corrected chi connectivity index (χ2v) is 11.6. The van der Waals surface area contributed by atoms with E-state index in [1.807, 2.05) is 67.4 Å². The number of hydrogen-bond acceptors (Lipinski definition) is 3. The van der Waals surface area contributed by atoms with Crippen LogP contribution in [0.4, 0.5) is 0 Å². The fourth-order valence-electron chi connectivity index (χ4n) is 4.28. The molecule has 0 aliphatic carbocycles. The van der Waals surface area contributed by atoms with E-state index in [1.54, 1.807) is 16.2 Å². The Kier molecular flexibility index (Phi) is 13.1. The first-order valence-corrected chi connectivity index (χ1v) is 14.3. The third-order valence-corrected chi connectivity index (χ3v) is 7.26. The van der Waals surface area contributed by atoms with Crippen molar-refractivity contribution < 1.29 is 9.59 Å². The summed E-state index contributed by atoms with van der Waals surface area (Å²) in [6, 6.07) is 14.2. The van der Waals surface area contributed by atoms with Crippen LogP contribution in [0.5, 0.6) is 0 Å². The largest absolute Gasteiger partial charge is 0.332 e. The van der Waals surface area contributed by atoms with E-state index >= 15 is 0 Å². The highest BCUT2D eigenvalue weighted by Crippen LogP contribution is 2.20. The highest BCUT2D eigenvalue weighted by atomic mass is 32.1. The lowest BCUT2D eigenvalue weighted by molar-refractivity contribution is -0.145. The molecule has 4 nitrogen and oxygen atoms in total. The summed E-state index contributed by atoms with van der Waals surface area (Å²) in [5.74, 6) is 0.0854. The number of hydrogen-bond donors (Lipinski definition) is 0. The lowest BCUT2D eigenvalue weighted by Gasteiger charge is -2.37. The van der Waals surface area contributed by atoms with E-state index in [-0.39, 0.29) is 18.4 Å². The number of carbonyl (C=O) groups is 2. The quantitative estimate of drug-likeness (QED) is 0.221. The van der Waals surface area contributed by atoms with Gasteiger partial charge < -0.3 is 9.80 Å². The second kappa shape index (κ2) is 15.8. The van der Waals surface area contributed by atoms with Crippen molar-refractivity contribution in [2.75, 3.05) is 6.54 Å². The highest BCUT2D eigenvalue weighted by Gasteiger charge is 2.30. The van der Waals surface area contributed by atoms with E-state index in [2.05, 4.69) is 13.0 Å². The van der Waals surface area contributed by atoms with Crippen molar-refractivity contribution in [3.05, 3.63) is 58.3 Å². The molecule has 5 heteroatoms. The molecule has 35 heavy (non-hydrogen) atoms. The summed E-state index contributed by atoms with van der Waals surface area (Å²) in [6.07, 6.45) is 11.6. The van der Waals surface area contributed by atoms with Gasteiger partial charge in [0.2, 0.25) is 11.8 Å². The molecular formula is C30H46N2O2S. The smallest absolute Gasteiger partial charge is 0.242 e. The van der Waals surface area contributed by atoms with E-state index in [4.69, 9.17) is 0 Å². The Morgan fingerprint density at radius 2 is 1.40 bits per heavy atom. The molecule has 0 aliphatic rings. The molecule has 0 atom stereocenters. The Balaban J connectivity index is 1.91. The van der Waals surface area contributed by atoms with Gasteiger partial charge in [0.15, 0.2) is 0 Å². The Hall–Kier alpha value is -2.14. The van der Waals surface area contributed by atoms with Gasteiger partial charge in [-0.2, -0.15) is 0 Å². The number of benzene rings is 1. The third kappa shape index (κ3) is 11.4. The Bertz CT molecular complexity index is 843.